The van der Waals surface area contributed by atoms with E-state index < -0.39 is 11.9 Å². The van der Waals surface area contributed by atoms with Crippen LogP contribution in [-0.4, -0.2) is 25.2 Å². The molecule has 0 aromatic heterocycles. The quantitative estimate of drug-likeness (QED) is 0.268. The average Bonchev–Trinajstić information content (AvgIpc) is 2.98. The maximum Gasteiger partial charge on any atom is 0.346 e. The van der Waals surface area contributed by atoms with E-state index in [0.29, 0.717) is 4.91 Å². The third-order valence-electron chi connectivity index (χ3n) is 2.75. The SMILES string of the molecule is CCOC(=O)C(C(=O)OCC)=C1C=C(c2ccccc2)SS1. The molecular formula is C16H16O4S2. The molecule has 0 aliphatic carbocycles. The maximum absolute atomic E-state index is 12.1. The minimum atomic E-state index is -0.644. The molecule has 2 rings (SSSR count). The third kappa shape index (κ3) is 3.96. The fourth-order valence-electron chi connectivity index (χ4n) is 1.80. The van der Waals surface area contributed by atoms with Crippen molar-refractivity contribution in [2.75, 3.05) is 13.2 Å². The first-order valence-corrected chi connectivity index (χ1v) is 9.02. The van der Waals surface area contributed by atoms with Gasteiger partial charge in [-0.25, -0.2) is 9.59 Å². The first kappa shape index (κ1) is 16.7. The molecule has 22 heavy (non-hydrogen) atoms. The molecule has 0 atom stereocenters. The second kappa shape index (κ2) is 8.10. The lowest BCUT2D eigenvalue weighted by Gasteiger charge is -2.07. The predicted octanol–water partition coefficient (Wildman–Crippen LogP) is 3.80. The van der Waals surface area contributed by atoms with E-state index in [1.807, 2.05) is 36.4 Å². The monoisotopic (exact) mass is 336 g/mol. The Morgan fingerprint density at radius 3 is 2.09 bits per heavy atom. The van der Waals surface area contributed by atoms with Crippen LogP contribution in [0.2, 0.25) is 0 Å². The van der Waals surface area contributed by atoms with Crippen LogP contribution in [-0.2, 0) is 19.1 Å². The second-order valence-electron chi connectivity index (χ2n) is 4.22. The molecule has 0 spiro atoms. The van der Waals surface area contributed by atoms with Crippen LogP contribution in [0.1, 0.15) is 19.4 Å². The molecule has 0 saturated carbocycles. The van der Waals surface area contributed by atoms with Crippen LogP contribution in [0.4, 0.5) is 0 Å². The number of ether oxygens (including phenoxy) is 2. The maximum atomic E-state index is 12.1. The zero-order valence-electron chi connectivity index (χ0n) is 12.3. The zero-order chi connectivity index (χ0) is 15.9. The number of benzene rings is 1. The molecule has 0 fully saturated rings. The average molecular weight is 336 g/mol. The number of rotatable bonds is 5. The Hall–Kier alpha value is -1.66. The summed E-state index contributed by atoms with van der Waals surface area (Å²) in [5.74, 6) is -1.29. The van der Waals surface area contributed by atoms with Gasteiger partial charge in [-0.2, -0.15) is 0 Å². The molecule has 116 valence electrons. The van der Waals surface area contributed by atoms with Gasteiger partial charge in [-0.3, -0.25) is 0 Å². The second-order valence-corrected chi connectivity index (χ2v) is 6.43. The van der Waals surface area contributed by atoms with Crippen LogP contribution < -0.4 is 0 Å². The van der Waals surface area contributed by atoms with Gasteiger partial charge in [0.25, 0.3) is 0 Å². The number of allylic oxidation sites excluding steroid dienone is 1. The van der Waals surface area contributed by atoms with Crippen molar-refractivity contribution in [1.82, 2.24) is 0 Å². The van der Waals surface area contributed by atoms with Gasteiger partial charge < -0.3 is 9.47 Å². The molecule has 6 heteroatoms. The lowest BCUT2D eigenvalue weighted by atomic mass is 10.2. The first-order valence-electron chi connectivity index (χ1n) is 6.87. The Bertz CT molecular complexity index is 600. The highest BCUT2D eigenvalue weighted by atomic mass is 33.1. The summed E-state index contributed by atoms with van der Waals surface area (Å²) in [7, 11) is 2.87. The summed E-state index contributed by atoms with van der Waals surface area (Å²) in [6.07, 6.45) is 1.83. The summed E-state index contributed by atoms with van der Waals surface area (Å²) < 4.78 is 9.95. The van der Waals surface area contributed by atoms with Crippen LogP contribution in [0.25, 0.3) is 4.91 Å². The minimum absolute atomic E-state index is 0.0351. The third-order valence-corrected chi connectivity index (χ3v) is 5.19. The fraction of sp³-hybridized carbons (Fsp3) is 0.250. The molecule has 1 aromatic rings. The van der Waals surface area contributed by atoms with Crippen LogP contribution >= 0.6 is 21.6 Å². The molecule has 0 saturated heterocycles. The lowest BCUT2D eigenvalue weighted by molar-refractivity contribution is -0.146. The zero-order valence-corrected chi connectivity index (χ0v) is 14.0. The summed E-state index contributed by atoms with van der Waals surface area (Å²) >= 11 is 0. The highest BCUT2D eigenvalue weighted by Gasteiger charge is 2.28. The molecule has 4 nitrogen and oxygen atoms in total. The number of hydrogen-bond donors (Lipinski definition) is 0. The molecule has 0 bridgehead atoms. The summed E-state index contributed by atoms with van der Waals surface area (Å²) in [4.78, 5) is 25.7. The van der Waals surface area contributed by atoms with Crippen molar-refractivity contribution in [2.24, 2.45) is 0 Å². The van der Waals surface area contributed by atoms with E-state index in [1.54, 1.807) is 13.8 Å². The van der Waals surface area contributed by atoms with Crippen molar-refractivity contribution >= 4 is 38.4 Å². The first-order chi connectivity index (χ1) is 10.7. The largest absolute Gasteiger partial charge is 0.462 e. The van der Waals surface area contributed by atoms with Gasteiger partial charge >= 0.3 is 11.9 Å². The molecule has 0 N–H and O–H groups in total. The van der Waals surface area contributed by atoms with Crippen LogP contribution in [0.15, 0.2) is 46.9 Å². The van der Waals surface area contributed by atoms with E-state index in [9.17, 15) is 9.59 Å². The van der Waals surface area contributed by atoms with E-state index in [4.69, 9.17) is 9.47 Å². The van der Waals surface area contributed by atoms with E-state index in [0.717, 1.165) is 10.5 Å². The molecule has 1 heterocycles. The van der Waals surface area contributed by atoms with Gasteiger partial charge in [0.2, 0.25) is 0 Å². The van der Waals surface area contributed by atoms with E-state index in [-0.39, 0.29) is 18.8 Å². The van der Waals surface area contributed by atoms with Crippen LogP contribution in [0.5, 0.6) is 0 Å². The van der Waals surface area contributed by atoms with Crippen molar-refractivity contribution in [1.29, 1.82) is 0 Å². The van der Waals surface area contributed by atoms with Gasteiger partial charge in [-0.1, -0.05) is 51.9 Å². The molecule has 1 aliphatic heterocycles. The van der Waals surface area contributed by atoms with Gasteiger partial charge in [0.15, 0.2) is 5.57 Å². The van der Waals surface area contributed by atoms with E-state index >= 15 is 0 Å². The van der Waals surface area contributed by atoms with Gasteiger partial charge in [0.1, 0.15) is 0 Å². The Kier molecular flexibility index (Phi) is 6.15. The van der Waals surface area contributed by atoms with Crippen molar-refractivity contribution in [3.05, 3.63) is 52.4 Å². The molecule has 0 amide bonds. The van der Waals surface area contributed by atoms with Gasteiger partial charge in [-0.15, -0.1) is 0 Å². The lowest BCUT2D eigenvalue weighted by Crippen LogP contribution is -2.19. The topological polar surface area (TPSA) is 52.6 Å². The van der Waals surface area contributed by atoms with Crippen molar-refractivity contribution in [3.8, 4) is 0 Å². The van der Waals surface area contributed by atoms with Crippen LogP contribution in [0.3, 0.4) is 0 Å². The van der Waals surface area contributed by atoms with E-state index in [2.05, 4.69) is 0 Å². The molecule has 0 radical (unpaired) electrons. The van der Waals surface area contributed by atoms with Crippen molar-refractivity contribution < 1.29 is 19.1 Å². The fourth-order valence-corrected chi connectivity index (χ4v) is 4.23. The predicted molar refractivity (Wildman–Crippen MR) is 89.9 cm³/mol. The summed E-state index contributed by atoms with van der Waals surface area (Å²) in [5, 5.41) is 0. The van der Waals surface area contributed by atoms with Crippen molar-refractivity contribution in [2.45, 2.75) is 13.8 Å². The summed E-state index contributed by atoms with van der Waals surface area (Å²) in [6, 6.07) is 9.80. The number of carbonyl (C=O) groups excluding carboxylic acids is 2. The Morgan fingerprint density at radius 2 is 1.55 bits per heavy atom. The van der Waals surface area contributed by atoms with Gasteiger partial charge in [0.05, 0.1) is 13.2 Å². The molecule has 0 unspecified atom stereocenters. The molecular weight excluding hydrogens is 320 g/mol. The number of hydrogen-bond acceptors (Lipinski definition) is 6. The molecule has 1 aliphatic rings. The Labute approximate surface area is 137 Å². The highest BCUT2D eigenvalue weighted by molar-refractivity contribution is 8.82. The van der Waals surface area contributed by atoms with E-state index in [1.165, 1.54) is 21.6 Å². The normalized spacial score (nSPS) is 13.5. The Morgan fingerprint density at radius 1 is 0.955 bits per heavy atom. The number of esters is 2. The van der Waals surface area contributed by atoms with Crippen LogP contribution in [0, 0.1) is 0 Å². The number of carbonyl (C=O) groups is 2. The minimum Gasteiger partial charge on any atom is -0.462 e. The molecule has 1 aromatic carbocycles. The standard InChI is InChI=1S/C16H16O4S2/c1-3-19-15(17)14(16(18)20-4-2)13-10-12(21-22-13)11-8-6-5-7-9-11/h5-10H,3-4H2,1-2H3. The van der Waals surface area contributed by atoms with Crippen molar-refractivity contribution in [3.63, 3.8) is 0 Å². The summed E-state index contributed by atoms with van der Waals surface area (Å²) in [5.41, 5.74) is 1.01. The summed E-state index contributed by atoms with van der Waals surface area (Å²) in [6.45, 7) is 3.82. The Balaban J connectivity index is 2.37. The van der Waals surface area contributed by atoms with Gasteiger partial charge in [-0.05, 0) is 25.5 Å². The highest BCUT2D eigenvalue weighted by Crippen LogP contribution is 2.50. The smallest absolute Gasteiger partial charge is 0.346 e. The van der Waals surface area contributed by atoms with Gasteiger partial charge in [0, 0.05) is 9.81 Å².